The molecule has 0 bridgehead atoms. The van der Waals surface area contributed by atoms with E-state index in [1.807, 2.05) is 6.92 Å². The Hall–Kier alpha value is -4.51. The summed E-state index contributed by atoms with van der Waals surface area (Å²) in [5.74, 6) is -0.508. The fraction of sp³-hybridized carbons (Fsp3) is 0.259. The lowest BCUT2D eigenvalue weighted by atomic mass is 10.0. The summed E-state index contributed by atoms with van der Waals surface area (Å²) in [6.07, 6.45) is 5.36. The highest BCUT2D eigenvalue weighted by Gasteiger charge is 2.22. The number of benzene rings is 2. The number of nitrogen functional groups attached to an aromatic ring is 1. The van der Waals surface area contributed by atoms with Crippen LogP contribution in [-0.4, -0.2) is 57.6 Å². The van der Waals surface area contributed by atoms with Crippen molar-refractivity contribution in [1.82, 2.24) is 24.8 Å². The second-order valence-electron chi connectivity index (χ2n) is 9.30. The normalized spacial score (nSPS) is 13.5. The summed E-state index contributed by atoms with van der Waals surface area (Å²) in [4.78, 5) is 32.1. The van der Waals surface area contributed by atoms with Crippen molar-refractivity contribution in [3.05, 3.63) is 71.9 Å². The molecule has 0 unspecified atom stereocenters. The molecule has 0 saturated carbocycles. The molecule has 1 aliphatic heterocycles. The predicted octanol–water partition coefficient (Wildman–Crippen LogP) is 3.90. The number of carbonyl (C=O) groups is 2. The number of anilines is 3. The second kappa shape index (κ2) is 10.9. The molecule has 5 rings (SSSR count). The molecule has 0 atom stereocenters. The van der Waals surface area contributed by atoms with Crippen molar-refractivity contribution in [2.75, 3.05) is 42.5 Å². The molecular formula is C27H29FN8O2. The average Bonchev–Trinajstić information content (AvgIpc) is 3.55. The van der Waals surface area contributed by atoms with Crippen LogP contribution >= 0.6 is 0 Å². The van der Waals surface area contributed by atoms with Gasteiger partial charge in [-0.3, -0.25) is 4.79 Å². The molecule has 2 aromatic heterocycles. The lowest BCUT2D eigenvalue weighted by Crippen LogP contribution is -2.33. The first-order valence-electron chi connectivity index (χ1n) is 12.5. The molecule has 0 aliphatic carbocycles. The number of urea groups is 1. The van der Waals surface area contributed by atoms with Crippen molar-refractivity contribution in [1.29, 1.82) is 0 Å². The van der Waals surface area contributed by atoms with E-state index in [0.717, 1.165) is 25.2 Å². The molecule has 4 aromatic rings. The van der Waals surface area contributed by atoms with Gasteiger partial charge in [-0.2, -0.15) is 5.10 Å². The Bertz CT molecular complexity index is 1480. The summed E-state index contributed by atoms with van der Waals surface area (Å²) in [7, 11) is 0. The minimum atomic E-state index is -0.577. The van der Waals surface area contributed by atoms with E-state index in [9.17, 15) is 14.0 Å². The van der Waals surface area contributed by atoms with Crippen LogP contribution < -0.4 is 21.7 Å². The SMILES string of the molecule is Cc1ccc(F)c(NC(=O)Nc2ccc(-c3c(C(=O)NCCN4CCCC4)cn4ncnc(N)c34)cc2)c1. The van der Waals surface area contributed by atoms with Gasteiger partial charge in [0.05, 0.1) is 11.3 Å². The van der Waals surface area contributed by atoms with Gasteiger partial charge in [0.1, 0.15) is 17.7 Å². The van der Waals surface area contributed by atoms with Crippen LogP contribution in [0.25, 0.3) is 16.6 Å². The first-order valence-corrected chi connectivity index (χ1v) is 12.5. The van der Waals surface area contributed by atoms with Crippen LogP contribution in [0.4, 0.5) is 26.4 Å². The molecule has 38 heavy (non-hydrogen) atoms. The molecule has 2 aromatic carbocycles. The number of hydrogen-bond acceptors (Lipinski definition) is 6. The number of likely N-dealkylation sites (tertiary alicyclic amines) is 1. The van der Waals surface area contributed by atoms with Gasteiger partial charge in [-0.25, -0.2) is 18.7 Å². The zero-order valence-corrected chi connectivity index (χ0v) is 21.0. The molecule has 1 fully saturated rings. The van der Waals surface area contributed by atoms with Crippen molar-refractivity contribution in [3.63, 3.8) is 0 Å². The number of aryl methyl sites for hydroxylation is 1. The Morgan fingerprint density at radius 1 is 1.08 bits per heavy atom. The number of nitrogens with one attached hydrogen (secondary N) is 3. The largest absolute Gasteiger partial charge is 0.382 e. The predicted molar refractivity (Wildman–Crippen MR) is 145 cm³/mol. The molecule has 5 N–H and O–H groups in total. The van der Waals surface area contributed by atoms with Gasteiger partial charge in [-0.05, 0) is 68.2 Å². The van der Waals surface area contributed by atoms with E-state index in [1.165, 1.54) is 25.2 Å². The van der Waals surface area contributed by atoms with E-state index in [1.54, 1.807) is 47.1 Å². The van der Waals surface area contributed by atoms with E-state index in [0.29, 0.717) is 34.4 Å². The molecule has 3 heterocycles. The van der Waals surface area contributed by atoms with Crippen molar-refractivity contribution >= 4 is 34.6 Å². The topological polar surface area (TPSA) is 130 Å². The fourth-order valence-electron chi connectivity index (χ4n) is 4.67. The average molecular weight is 517 g/mol. The van der Waals surface area contributed by atoms with Crippen molar-refractivity contribution in [2.45, 2.75) is 19.8 Å². The van der Waals surface area contributed by atoms with Gasteiger partial charge in [-0.15, -0.1) is 0 Å². The fourth-order valence-corrected chi connectivity index (χ4v) is 4.67. The Morgan fingerprint density at radius 3 is 2.61 bits per heavy atom. The molecule has 196 valence electrons. The number of halogens is 1. The number of carbonyl (C=O) groups excluding carboxylic acids is 2. The maximum atomic E-state index is 14.0. The number of fused-ring (bicyclic) bond motifs is 1. The van der Waals surface area contributed by atoms with Crippen LogP contribution in [0, 0.1) is 12.7 Å². The maximum absolute atomic E-state index is 14.0. The highest BCUT2D eigenvalue weighted by Crippen LogP contribution is 2.33. The van der Waals surface area contributed by atoms with Crippen LogP contribution in [-0.2, 0) is 0 Å². The minimum absolute atomic E-state index is 0.0928. The summed E-state index contributed by atoms with van der Waals surface area (Å²) in [5, 5.41) is 12.4. The smallest absolute Gasteiger partial charge is 0.323 e. The standard InChI is InChI=1S/C27H29FN8O2/c1-17-4-9-21(28)22(14-17)34-27(38)33-19-7-5-18(6-8-19)23-20(15-36-24(23)25(29)31-16-32-36)26(37)30-10-13-35-11-2-3-12-35/h4-9,14-16H,2-3,10-13H2,1H3,(H,30,37)(H2,29,31,32)(H2,33,34,38). The van der Waals surface area contributed by atoms with Gasteiger partial charge in [0.15, 0.2) is 5.82 Å². The minimum Gasteiger partial charge on any atom is -0.382 e. The number of amides is 3. The third-order valence-electron chi connectivity index (χ3n) is 6.56. The second-order valence-corrected chi connectivity index (χ2v) is 9.30. The van der Waals surface area contributed by atoms with Crippen molar-refractivity contribution in [2.24, 2.45) is 0 Å². The van der Waals surface area contributed by atoms with Gasteiger partial charge < -0.3 is 26.6 Å². The summed E-state index contributed by atoms with van der Waals surface area (Å²) in [5.41, 5.74) is 9.82. The Labute approximate surface area is 219 Å². The van der Waals surface area contributed by atoms with Crippen LogP contribution in [0.15, 0.2) is 55.0 Å². The van der Waals surface area contributed by atoms with Gasteiger partial charge in [0, 0.05) is 30.5 Å². The van der Waals surface area contributed by atoms with E-state index in [-0.39, 0.29) is 17.4 Å². The Morgan fingerprint density at radius 2 is 1.84 bits per heavy atom. The van der Waals surface area contributed by atoms with E-state index < -0.39 is 11.8 Å². The van der Waals surface area contributed by atoms with E-state index >= 15 is 0 Å². The highest BCUT2D eigenvalue weighted by molar-refractivity contribution is 6.07. The molecule has 0 spiro atoms. The zero-order valence-electron chi connectivity index (χ0n) is 21.0. The third kappa shape index (κ3) is 5.42. The summed E-state index contributed by atoms with van der Waals surface area (Å²) in [6, 6.07) is 10.8. The number of nitrogens with two attached hydrogens (primary N) is 1. The van der Waals surface area contributed by atoms with Crippen LogP contribution in [0.5, 0.6) is 0 Å². The summed E-state index contributed by atoms with van der Waals surface area (Å²) in [6.45, 7) is 5.26. The highest BCUT2D eigenvalue weighted by atomic mass is 19.1. The zero-order chi connectivity index (χ0) is 26.6. The summed E-state index contributed by atoms with van der Waals surface area (Å²) < 4.78 is 15.5. The number of rotatable bonds is 7. The lowest BCUT2D eigenvalue weighted by molar-refractivity contribution is 0.0950. The number of nitrogens with zero attached hydrogens (tertiary/aromatic N) is 4. The van der Waals surface area contributed by atoms with E-state index in [2.05, 4.69) is 30.9 Å². The molecule has 10 nitrogen and oxygen atoms in total. The summed E-state index contributed by atoms with van der Waals surface area (Å²) >= 11 is 0. The molecule has 3 amide bonds. The Balaban J connectivity index is 1.35. The maximum Gasteiger partial charge on any atom is 0.323 e. The molecule has 0 radical (unpaired) electrons. The third-order valence-corrected chi connectivity index (χ3v) is 6.56. The quantitative estimate of drug-likeness (QED) is 0.295. The van der Waals surface area contributed by atoms with Gasteiger partial charge >= 0.3 is 6.03 Å². The molecule has 11 heteroatoms. The Kier molecular flexibility index (Phi) is 7.18. The van der Waals surface area contributed by atoms with Gasteiger partial charge in [0.25, 0.3) is 5.91 Å². The monoisotopic (exact) mass is 516 g/mol. The number of hydrogen-bond donors (Lipinski definition) is 4. The van der Waals surface area contributed by atoms with Crippen LogP contribution in [0.1, 0.15) is 28.8 Å². The van der Waals surface area contributed by atoms with Gasteiger partial charge in [0.2, 0.25) is 0 Å². The van der Waals surface area contributed by atoms with E-state index in [4.69, 9.17) is 5.73 Å². The first kappa shape index (κ1) is 25.2. The van der Waals surface area contributed by atoms with Crippen molar-refractivity contribution in [3.8, 4) is 11.1 Å². The molecule has 1 aliphatic rings. The van der Waals surface area contributed by atoms with Gasteiger partial charge in [-0.1, -0.05) is 18.2 Å². The lowest BCUT2D eigenvalue weighted by Gasteiger charge is -2.15. The molecular weight excluding hydrogens is 487 g/mol. The van der Waals surface area contributed by atoms with Crippen LogP contribution in [0.3, 0.4) is 0 Å². The number of aromatic nitrogens is 3. The van der Waals surface area contributed by atoms with Crippen LogP contribution in [0.2, 0.25) is 0 Å². The first-order chi connectivity index (χ1) is 18.4. The molecule has 1 saturated heterocycles. The van der Waals surface area contributed by atoms with Crippen molar-refractivity contribution < 1.29 is 14.0 Å².